The zero-order valence-corrected chi connectivity index (χ0v) is 53.0. The number of aliphatic hydroxyl groups is 1. The lowest BCUT2D eigenvalue weighted by Crippen LogP contribution is -2.30. The van der Waals surface area contributed by atoms with E-state index in [1.807, 2.05) is 0 Å². The largest absolute Gasteiger partial charge is 0.472 e. The quantitative estimate of drug-likeness (QED) is 0.0222. The zero-order valence-electron chi connectivity index (χ0n) is 51.2. The molecule has 0 aromatic heterocycles. The first-order valence-electron chi connectivity index (χ1n) is 32.1. The number of phosphoric ester groups is 2. The Morgan fingerprint density at radius 3 is 0.850 bits per heavy atom. The molecule has 0 radical (unpaired) electrons. The van der Waals surface area contributed by atoms with E-state index in [2.05, 4.69) is 34.6 Å². The summed E-state index contributed by atoms with van der Waals surface area (Å²) in [6, 6.07) is 0. The van der Waals surface area contributed by atoms with Crippen LogP contribution in [0.5, 0.6) is 0 Å². The Morgan fingerprint density at radius 1 is 0.338 bits per heavy atom. The molecule has 0 aliphatic carbocycles. The summed E-state index contributed by atoms with van der Waals surface area (Å²) in [5.74, 6) is -1.46. The SMILES string of the molecule is CCCCCCCCCCCCCCCC(=O)O[C@H](COC(=O)CCCCCCCCC(C)C)COP(=O)(O)OC[C@@H](O)COP(=O)(O)OC[C@@H](COC(=O)CCCCCCCCCCC)OC(=O)CCCCCCCCCCC. The van der Waals surface area contributed by atoms with Crippen molar-refractivity contribution in [3.05, 3.63) is 0 Å². The van der Waals surface area contributed by atoms with Crippen LogP contribution >= 0.6 is 15.6 Å². The van der Waals surface area contributed by atoms with Gasteiger partial charge >= 0.3 is 39.5 Å². The van der Waals surface area contributed by atoms with E-state index >= 15 is 0 Å². The Hall–Kier alpha value is -1.94. The second-order valence-electron chi connectivity index (χ2n) is 22.6. The van der Waals surface area contributed by atoms with Gasteiger partial charge in [-0.3, -0.25) is 37.3 Å². The standard InChI is InChI=1S/C61H118O17P2/c1-6-9-12-15-18-21-22-23-24-27-30-37-42-47-61(66)78-57(51-72-59(64)45-40-35-32-31-33-38-43-54(4)5)53-76-80(69,70)74-49-55(62)48-73-79(67,68)75-52-56(77-60(65)46-41-36-29-26-20-17-14-11-8-3)50-71-58(63)44-39-34-28-25-19-16-13-10-7-2/h54-57,62H,6-53H2,1-5H3,(H,67,68)(H,69,70)/t55-,56+,57+/m0/s1. The summed E-state index contributed by atoms with van der Waals surface area (Å²) in [7, 11) is -9.87. The molecular weight excluding hydrogens is 1070 g/mol. The molecule has 19 heteroatoms. The van der Waals surface area contributed by atoms with E-state index in [1.165, 1.54) is 122 Å². The van der Waals surface area contributed by atoms with Crippen molar-refractivity contribution in [2.45, 2.75) is 323 Å². The minimum absolute atomic E-state index is 0.106. The minimum Gasteiger partial charge on any atom is -0.462 e. The van der Waals surface area contributed by atoms with Gasteiger partial charge in [-0.1, -0.05) is 253 Å². The molecule has 0 saturated carbocycles. The van der Waals surface area contributed by atoms with Gasteiger partial charge in [-0.25, -0.2) is 9.13 Å². The van der Waals surface area contributed by atoms with Crippen molar-refractivity contribution in [3.63, 3.8) is 0 Å². The third-order valence-electron chi connectivity index (χ3n) is 14.0. The molecule has 0 bridgehead atoms. The molecule has 2 unspecified atom stereocenters. The van der Waals surface area contributed by atoms with Gasteiger partial charge in [-0.2, -0.15) is 0 Å². The number of hydrogen-bond acceptors (Lipinski definition) is 15. The molecule has 17 nitrogen and oxygen atoms in total. The number of esters is 4. The smallest absolute Gasteiger partial charge is 0.462 e. The van der Waals surface area contributed by atoms with Crippen LogP contribution in [0.1, 0.15) is 304 Å². The van der Waals surface area contributed by atoms with Crippen LogP contribution in [0.4, 0.5) is 0 Å². The molecule has 3 N–H and O–H groups in total. The zero-order chi connectivity index (χ0) is 59.2. The van der Waals surface area contributed by atoms with Crippen molar-refractivity contribution >= 4 is 39.5 Å². The Balaban J connectivity index is 5.22. The number of rotatable bonds is 61. The van der Waals surface area contributed by atoms with Crippen LogP contribution in [0.2, 0.25) is 0 Å². The number of hydrogen-bond donors (Lipinski definition) is 3. The van der Waals surface area contributed by atoms with E-state index in [9.17, 15) is 43.2 Å². The maximum absolute atomic E-state index is 12.9. The fraction of sp³-hybridized carbons (Fsp3) is 0.934. The van der Waals surface area contributed by atoms with E-state index in [1.54, 1.807) is 0 Å². The number of unbranched alkanes of at least 4 members (excludes halogenated alkanes) is 33. The van der Waals surface area contributed by atoms with Crippen molar-refractivity contribution in [3.8, 4) is 0 Å². The van der Waals surface area contributed by atoms with Crippen LogP contribution in [0, 0.1) is 5.92 Å². The minimum atomic E-state index is -4.94. The molecule has 0 fully saturated rings. The molecular formula is C61H118O17P2. The lowest BCUT2D eigenvalue weighted by atomic mass is 10.0. The fourth-order valence-corrected chi connectivity index (χ4v) is 10.6. The number of phosphoric acid groups is 2. The second-order valence-corrected chi connectivity index (χ2v) is 25.5. The lowest BCUT2D eigenvalue weighted by Gasteiger charge is -2.21. The normalized spacial score (nSPS) is 14.3. The number of carbonyl (C=O) groups excluding carboxylic acids is 4. The van der Waals surface area contributed by atoms with Crippen molar-refractivity contribution in [1.82, 2.24) is 0 Å². The molecule has 0 aromatic carbocycles. The van der Waals surface area contributed by atoms with E-state index in [4.69, 9.17) is 37.0 Å². The molecule has 0 saturated heterocycles. The number of carbonyl (C=O) groups is 4. The number of ether oxygens (including phenoxy) is 4. The van der Waals surface area contributed by atoms with Crippen molar-refractivity contribution < 1.29 is 80.2 Å². The molecule has 0 rings (SSSR count). The van der Waals surface area contributed by atoms with E-state index in [-0.39, 0.29) is 25.7 Å². The molecule has 474 valence electrons. The average molecular weight is 1190 g/mol. The molecule has 0 aromatic rings. The van der Waals surface area contributed by atoms with Crippen molar-refractivity contribution in [1.29, 1.82) is 0 Å². The number of aliphatic hydroxyl groups excluding tert-OH is 1. The van der Waals surface area contributed by atoms with Crippen LogP contribution < -0.4 is 0 Å². The van der Waals surface area contributed by atoms with Gasteiger partial charge in [0.15, 0.2) is 12.2 Å². The molecule has 0 aliphatic rings. The summed E-state index contributed by atoms with van der Waals surface area (Å²) in [5.41, 5.74) is 0. The summed E-state index contributed by atoms with van der Waals surface area (Å²) in [6.07, 6.45) is 37.7. The first-order valence-corrected chi connectivity index (χ1v) is 35.1. The fourth-order valence-electron chi connectivity index (χ4n) is 9.05. The van der Waals surface area contributed by atoms with Gasteiger partial charge in [-0.05, 0) is 31.6 Å². The highest BCUT2D eigenvalue weighted by molar-refractivity contribution is 7.47. The van der Waals surface area contributed by atoms with Crippen LogP contribution in [-0.4, -0.2) is 96.7 Å². The van der Waals surface area contributed by atoms with Gasteiger partial charge in [0, 0.05) is 25.7 Å². The van der Waals surface area contributed by atoms with E-state index in [0.717, 1.165) is 96.3 Å². The third-order valence-corrected chi connectivity index (χ3v) is 15.9. The highest BCUT2D eigenvalue weighted by atomic mass is 31.2. The molecule has 0 heterocycles. The predicted octanol–water partition coefficient (Wildman–Crippen LogP) is 16.6. The molecule has 5 atom stereocenters. The molecule has 80 heavy (non-hydrogen) atoms. The maximum atomic E-state index is 12.9. The van der Waals surface area contributed by atoms with Crippen LogP contribution in [0.25, 0.3) is 0 Å². The summed E-state index contributed by atoms with van der Waals surface area (Å²) < 4.78 is 67.8. The predicted molar refractivity (Wildman–Crippen MR) is 317 cm³/mol. The van der Waals surface area contributed by atoms with E-state index < -0.39 is 97.5 Å². The summed E-state index contributed by atoms with van der Waals surface area (Å²) in [4.78, 5) is 71.9. The van der Waals surface area contributed by atoms with Crippen molar-refractivity contribution in [2.24, 2.45) is 5.92 Å². The van der Waals surface area contributed by atoms with Crippen molar-refractivity contribution in [2.75, 3.05) is 39.6 Å². The van der Waals surface area contributed by atoms with Gasteiger partial charge in [0.25, 0.3) is 0 Å². The average Bonchev–Trinajstić information content (AvgIpc) is 3.42. The molecule has 0 aliphatic heterocycles. The van der Waals surface area contributed by atoms with Gasteiger partial charge in [0.1, 0.15) is 19.3 Å². The maximum Gasteiger partial charge on any atom is 0.472 e. The third kappa shape index (κ3) is 55.3. The van der Waals surface area contributed by atoms with Gasteiger partial charge < -0.3 is 33.8 Å². The Labute approximate surface area is 486 Å². The molecule has 0 amide bonds. The van der Waals surface area contributed by atoms with Gasteiger partial charge in [-0.15, -0.1) is 0 Å². The first kappa shape index (κ1) is 78.1. The monoisotopic (exact) mass is 1180 g/mol. The lowest BCUT2D eigenvalue weighted by molar-refractivity contribution is -0.161. The first-order chi connectivity index (χ1) is 38.5. The summed E-state index contributed by atoms with van der Waals surface area (Å²) in [5, 5.41) is 10.5. The van der Waals surface area contributed by atoms with Crippen LogP contribution in [0.3, 0.4) is 0 Å². The highest BCUT2D eigenvalue weighted by Crippen LogP contribution is 2.45. The molecule has 0 spiro atoms. The van der Waals surface area contributed by atoms with Gasteiger partial charge in [0.2, 0.25) is 0 Å². The van der Waals surface area contributed by atoms with Crippen LogP contribution in [0.15, 0.2) is 0 Å². The summed E-state index contributed by atoms with van der Waals surface area (Å²) in [6.45, 7) is 7.06. The second kappa shape index (κ2) is 55.0. The highest BCUT2D eigenvalue weighted by Gasteiger charge is 2.30. The Kier molecular flexibility index (Phi) is 53.6. The summed E-state index contributed by atoms with van der Waals surface area (Å²) >= 11 is 0. The Morgan fingerprint density at radius 2 is 0.575 bits per heavy atom. The van der Waals surface area contributed by atoms with E-state index in [0.29, 0.717) is 31.6 Å². The Bertz CT molecular complexity index is 1570. The van der Waals surface area contributed by atoms with Gasteiger partial charge in [0.05, 0.1) is 26.4 Å². The topological polar surface area (TPSA) is 237 Å². The van der Waals surface area contributed by atoms with Crippen LogP contribution in [-0.2, 0) is 65.4 Å².